The van der Waals surface area contributed by atoms with Gasteiger partial charge in [-0.2, -0.15) is 5.26 Å². The van der Waals surface area contributed by atoms with Gasteiger partial charge in [-0.15, -0.1) is 11.3 Å². The number of nitriles is 1. The zero-order chi connectivity index (χ0) is 29.8. The molecular weight excluding hydrogens is 579 g/mol. The van der Waals surface area contributed by atoms with Crippen molar-refractivity contribution in [2.45, 2.75) is 19.6 Å². The molecule has 3 aromatic carbocycles. The van der Waals surface area contributed by atoms with Gasteiger partial charge in [0, 0.05) is 21.6 Å². The Morgan fingerprint density at radius 1 is 1.02 bits per heavy atom. The molecule has 9 heteroatoms. The highest BCUT2D eigenvalue weighted by Gasteiger charge is 2.35. The molecule has 6 rings (SSSR count). The van der Waals surface area contributed by atoms with Gasteiger partial charge in [-0.1, -0.05) is 84.1 Å². The highest BCUT2D eigenvalue weighted by atomic mass is 32.1. The van der Waals surface area contributed by atoms with E-state index in [4.69, 9.17) is 14.5 Å². The van der Waals surface area contributed by atoms with Crippen LogP contribution >= 0.6 is 22.7 Å². The minimum Gasteiger partial charge on any atom is -0.488 e. The van der Waals surface area contributed by atoms with E-state index >= 15 is 0 Å². The second-order valence-corrected chi connectivity index (χ2v) is 11.5. The molecule has 0 radical (unpaired) electrons. The van der Waals surface area contributed by atoms with E-state index in [1.54, 1.807) is 23.6 Å². The zero-order valence-electron chi connectivity index (χ0n) is 23.1. The maximum absolute atomic E-state index is 14.1. The summed E-state index contributed by atoms with van der Waals surface area (Å²) in [5.41, 5.74) is 3.35. The third-order valence-electron chi connectivity index (χ3n) is 6.91. The van der Waals surface area contributed by atoms with Crippen LogP contribution in [0.1, 0.15) is 40.1 Å². The molecule has 212 valence electrons. The third kappa shape index (κ3) is 5.58. The number of hydrogen-bond donors (Lipinski definition) is 0. The van der Waals surface area contributed by atoms with Gasteiger partial charge < -0.3 is 9.47 Å². The van der Waals surface area contributed by atoms with Gasteiger partial charge in [-0.3, -0.25) is 9.36 Å². The SMILES string of the molecule is CCOC(=O)C1=C(c2ccccc2)N=c2s/c(=C\c3ccccc3OCc3ccccc3C#N)c(=O)n2[C@@H]1c1cccs1. The predicted octanol–water partition coefficient (Wildman–Crippen LogP) is 5.45. The number of hydrogen-bond acceptors (Lipinski definition) is 8. The van der Waals surface area contributed by atoms with Crippen molar-refractivity contribution in [1.29, 1.82) is 5.26 Å². The minimum absolute atomic E-state index is 0.196. The monoisotopic (exact) mass is 603 g/mol. The topological polar surface area (TPSA) is 93.7 Å². The summed E-state index contributed by atoms with van der Waals surface area (Å²) in [5.74, 6) is 0.0715. The summed E-state index contributed by atoms with van der Waals surface area (Å²) in [7, 11) is 0. The van der Waals surface area contributed by atoms with Gasteiger partial charge in [0.1, 0.15) is 18.4 Å². The molecule has 2 aromatic heterocycles. The number of benzene rings is 3. The largest absolute Gasteiger partial charge is 0.488 e. The van der Waals surface area contributed by atoms with E-state index in [9.17, 15) is 14.9 Å². The second-order valence-electron chi connectivity index (χ2n) is 9.54. The van der Waals surface area contributed by atoms with Crippen molar-refractivity contribution in [3.63, 3.8) is 0 Å². The standard InChI is InChI=1S/C34H25N3O4S2/c1-2-40-33(39)29-30(22-11-4-3-5-12-22)36-34-37(31(29)27-17-10-18-42-27)32(38)28(43-34)19-23-13-8-9-16-26(23)41-21-25-15-7-6-14-24(25)20-35/h3-19,31H,2,21H2,1H3/b28-19-/t31-/m1/s1. The summed E-state index contributed by atoms with van der Waals surface area (Å²) in [5, 5.41) is 11.4. The first-order chi connectivity index (χ1) is 21.1. The van der Waals surface area contributed by atoms with Crippen LogP contribution in [0, 0.1) is 11.3 Å². The predicted molar refractivity (Wildman–Crippen MR) is 167 cm³/mol. The van der Waals surface area contributed by atoms with Crippen molar-refractivity contribution in [2.75, 3.05) is 6.61 Å². The van der Waals surface area contributed by atoms with E-state index in [0.29, 0.717) is 37.5 Å². The fourth-order valence-electron chi connectivity index (χ4n) is 4.94. The molecule has 43 heavy (non-hydrogen) atoms. The Balaban J connectivity index is 1.49. The Hall–Kier alpha value is -5.04. The van der Waals surface area contributed by atoms with Gasteiger partial charge in [-0.25, -0.2) is 9.79 Å². The van der Waals surface area contributed by atoms with E-state index in [-0.39, 0.29) is 18.8 Å². The summed E-state index contributed by atoms with van der Waals surface area (Å²) in [4.78, 5) is 33.8. The molecule has 0 N–H and O–H groups in total. The van der Waals surface area contributed by atoms with Gasteiger partial charge in [-0.05, 0) is 36.6 Å². The van der Waals surface area contributed by atoms with Crippen LogP contribution in [0.5, 0.6) is 5.75 Å². The average Bonchev–Trinajstić information content (AvgIpc) is 3.69. The lowest BCUT2D eigenvalue weighted by molar-refractivity contribution is -0.138. The number of fused-ring (bicyclic) bond motifs is 1. The number of carbonyl (C=O) groups is 1. The van der Waals surface area contributed by atoms with Crippen molar-refractivity contribution in [3.8, 4) is 11.8 Å². The van der Waals surface area contributed by atoms with E-state index < -0.39 is 12.0 Å². The van der Waals surface area contributed by atoms with Gasteiger partial charge in [0.05, 0.1) is 34.0 Å². The summed E-state index contributed by atoms with van der Waals surface area (Å²) in [6.45, 7) is 2.16. The first-order valence-electron chi connectivity index (χ1n) is 13.6. The van der Waals surface area contributed by atoms with Crippen molar-refractivity contribution >= 4 is 40.4 Å². The van der Waals surface area contributed by atoms with Crippen LogP contribution < -0.4 is 19.6 Å². The molecule has 0 spiro atoms. The number of aromatic nitrogens is 1. The molecule has 0 amide bonds. The first kappa shape index (κ1) is 28.1. The van der Waals surface area contributed by atoms with Gasteiger partial charge in [0.15, 0.2) is 4.80 Å². The van der Waals surface area contributed by atoms with E-state index in [1.165, 1.54) is 22.7 Å². The number of nitrogens with zero attached hydrogens (tertiary/aromatic N) is 3. The number of rotatable bonds is 8. The van der Waals surface area contributed by atoms with Crippen LogP contribution in [0.25, 0.3) is 11.8 Å². The lowest BCUT2D eigenvalue weighted by Crippen LogP contribution is -2.39. The summed E-state index contributed by atoms with van der Waals surface area (Å²) < 4.78 is 13.7. The molecule has 5 aromatic rings. The van der Waals surface area contributed by atoms with Gasteiger partial charge in [0.2, 0.25) is 0 Å². The molecule has 0 unspecified atom stereocenters. The zero-order valence-corrected chi connectivity index (χ0v) is 24.7. The molecule has 0 bridgehead atoms. The fourth-order valence-corrected chi connectivity index (χ4v) is 6.76. The molecule has 0 fully saturated rings. The van der Waals surface area contributed by atoms with Crippen LogP contribution in [0.4, 0.5) is 0 Å². The van der Waals surface area contributed by atoms with Gasteiger partial charge in [0.25, 0.3) is 5.56 Å². The first-order valence-corrected chi connectivity index (χ1v) is 15.3. The van der Waals surface area contributed by atoms with Crippen LogP contribution in [-0.2, 0) is 16.1 Å². The summed E-state index contributed by atoms with van der Waals surface area (Å²) >= 11 is 2.73. The van der Waals surface area contributed by atoms with Crippen LogP contribution in [0.15, 0.2) is 112 Å². The third-order valence-corrected chi connectivity index (χ3v) is 8.82. The Labute approximate surface area is 255 Å². The summed E-state index contributed by atoms with van der Waals surface area (Å²) in [6, 6.07) is 29.5. The number of ether oxygens (including phenoxy) is 2. The van der Waals surface area contributed by atoms with Crippen molar-refractivity contribution in [2.24, 2.45) is 4.99 Å². The number of thiazole rings is 1. The Morgan fingerprint density at radius 3 is 2.56 bits per heavy atom. The maximum atomic E-state index is 14.1. The molecule has 1 aliphatic heterocycles. The quantitative estimate of drug-likeness (QED) is 0.220. The molecule has 0 saturated heterocycles. The van der Waals surface area contributed by atoms with E-state index in [0.717, 1.165) is 16.0 Å². The number of para-hydroxylation sites is 1. The minimum atomic E-state index is -0.693. The Bertz CT molecular complexity index is 2050. The highest BCUT2D eigenvalue weighted by Crippen LogP contribution is 2.36. The van der Waals surface area contributed by atoms with Crippen LogP contribution in [0.3, 0.4) is 0 Å². The smallest absolute Gasteiger partial charge is 0.338 e. The molecule has 0 saturated carbocycles. The number of esters is 1. The van der Waals surface area contributed by atoms with Crippen LogP contribution in [0.2, 0.25) is 0 Å². The van der Waals surface area contributed by atoms with Crippen molar-refractivity contribution < 1.29 is 14.3 Å². The molecule has 0 aliphatic carbocycles. The average molecular weight is 604 g/mol. The number of thiophene rings is 1. The molecule has 1 atom stereocenters. The lowest BCUT2D eigenvalue weighted by atomic mass is 9.97. The molecule has 7 nitrogen and oxygen atoms in total. The fraction of sp³-hybridized carbons (Fsp3) is 0.118. The van der Waals surface area contributed by atoms with Gasteiger partial charge >= 0.3 is 5.97 Å². The lowest BCUT2D eigenvalue weighted by Gasteiger charge is -2.24. The molecule has 1 aliphatic rings. The Morgan fingerprint density at radius 2 is 1.79 bits per heavy atom. The van der Waals surface area contributed by atoms with E-state index in [2.05, 4.69) is 6.07 Å². The highest BCUT2D eigenvalue weighted by molar-refractivity contribution is 7.10. The van der Waals surface area contributed by atoms with Crippen molar-refractivity contribution in [1.82, 2.24) is 4.57 Å². The Kier molecular flexibility index (Phi) is 8.13. The second kappa shape index (κ2) is 12.4. The van der Waals surface area contributed by atoms with Crippen LogP contribution in [-0.4, -0.2) is 17.1 Å². The normalized spacial score (nSPS) is 14.5. The van der Waals surface area contributed by atoms with E-state index in [1.807, 2.05) is 90.3 Å². The number of carbonyl (C=O) groups excluding carboxylic acids is 1. The maximum Gasteiger partial charge on any atom is 0.338 e. The molecular formula is C34H25N3O4S2. The van der Waals surface area contributed by atoms with Crippen molar-refractivity contribution in [3.05, 3.63) is 149 Å². The molecule has 3 heterocycles. The summed E-state index contributed by atoms with van der Waals surface area (Å²) in [6.07, 6.45) is 1.79.